The van der Waals surface area contributed by atoms with Crippen molar-refractivity contribution >= 4 is 20.0 Å². The minimum atomic E-state index is -4.19. The Labute approximate surface area is 129 Å². The van der Waals surface area contributed by atoms with Gasteiger partial charge in [0.2, 0.25) is 10.0 Å². The zero-order valence-electron chi connectivity index (χ0n) is 11.5. The molecule has 0 atom stereocenters. The third-order valence-electron chi connectivity index (χ3n) is 2.89. The fourth-order valence-electron chi connectivity index (χ4n) is 1.78. The Morgan fingerprint density at radius 2 is 1.45 bits per heavy atom. The van der Waals surface area contributed by atoms with Crippen molar-refractivity contribution in [2.45, 2.75) is 11.3 Å². The lowest BCUT2D eigenvalue weighted by Gasteiger charge is -2.08. The van der Waals surface area contributed by atoms with Gasteiger partial charge < -0.3 is 5.11 Å². The van der Waals surface area contributed by atoms with Crippen molar-refractivity contribution < 1.29 is 21.9 Å². The van der Waals surface area contributed by atoms with Crippen molar-refractivity contribution in [3.8, 4) is 5.75 Å². The summed E-state index contributed by atoms with van der Waals surface area (Å²) in [7, 11) is -8.18. The summed E-state index contributed by atoms with van der Waals surface area (Å²) in [6.45, 7) is 0. The first-order valence-electron chi connectivity index (χ1n) is 6.38. The van der Waals surface area contributed by atoms with Gasteiger partial charge in [-0.1, -0.05) is 30.3 Å². The Hall–Kier alpha value is -1.90. The average molecular weight is 341 g/mol. The van der Waals surface area contributed by atoms with E-state index in [2.05, 4.69) is 0 Å². The average Bonchev–Trinajstić information content (AvgIpc) is 2.46. The summed E-state index contributed by atoms with van der Waals surface area (Å²) in [5.41, 5.74) is 0.801. The van der Waals surface area contributed by atoms with Gasteiger partial charge in [-0.05, 0) is 36.2 Å². The maximum absolute atomic E-state index is 12.0. The molecular weight excluding hydrogens is 326 g/mol. The smallest absolute Gasteiger partial charge is 0.253 e. The molecule has 0 saturated carbocycles. The molecule has 0 fully saturated rings. The third-order valence-corrected chi connectivity index (χ3v) is 6.41. The first-order valence-corrected chi connectivity index (χ1v) is 9.51. The topological polar surface area (TPSA) is 101 Å². The summed E-state index contributed by atoms with van der Waals surface area (Å²) < 4.78 is 49.5. The number of aromatic hydroxyl groups is 1. The van der Waals surface area contributed by atoms with Crippen LogP contribution in [-0.4, -0.2) is 27.7 Å². The highest BCUT2D eigenvalue weighted by Crippen LogP contribution is 2.15. The fraction of sp³-hybridized carbons (Fsp3) is 0.143. The van der Waals surface area contributed by atoms with Gasteiger partial charge in [0.25, 0.3) is 10.0 Å². The van der Waals surface area contributed by atoms with Crippen molar-refractivity contribution in [1.29, 1.82) is 0 Å². The molecule has 0 amide bonds. The van der Waals surface area contributed by atoms with Gasteiger partial charge in [-0.25, -0.2) is 16.8 Å². The summed E-state index contributed by atoms with van der Waals surface area (Å²) in [6, 6.07) is 13.5. The molecule has 118 valence electrons. The molecule has 8 heteroatoms. The van der Waals surface area contributed by atoms with Crippen LogP contribution in [0.25, 0.3) is 0 Å². The predicted octanol–water partition coefficient (Wildman–Crippen LogP) is 1.24. The van der Waals surface area contributed by atoms with E-state index in [0.717, 1.165) is 17.7 Å². The number of rotatable bonds is 6. The van der Waals surface area contributed by atoms with Gasteiger partial charge >= 0.3 is 0 Å². The van der Waals surface area contributed by atoms with E-state index < -0.39 is 20.0 Å². The van der Waals surface area contributed by atoms with Crippen molar-refractivity contribution in [2.24, 2.45) is 0 Å². The normalized spacial score (nSPS) is 12.2. The van der Waals surface area contributed by atoms with Gasteiger partial charge in [0.1, 0.15) is 5.75 Å². The Balaban J connectivity index is 2.09. The Morgan fingerprint density at radius 3 is 2.05 bits per heavy atom. The number of nitrogens with one attached hydrogen (secondary N) is 1. The second-order valence-electron chi connectivity index (χ2n) is 4.64. The maximum atomic E-state index is 12.0. The number of hydrogen-bond donors (Lipinski definition) is 2. The first-order chi connectivity index (χ1) is 10.3. The Morgan fingerprint density at radius 1 is 0.864 bits per heavy atom. The molecule has 0 saturated heterocycles. The molecule has 0 aliphatic heterocycles. The second kappa shape index (κ2) is 6.47. The highest BCUT2D eigenvalue weighted by molar-refractivity contribution is 8.04. The monoisotopic (exact) mass is 341 g/mol. The third kappa shape index (κ3) is 4.55. The molecule has 6 nitrogen and oxygen atoms in total. The number of sulfonamides is 2. The van der Waals surface area contributed by atoms with Crippen LogP contribution in [-0.2, 0) is 26.5 Å². The van der Waals surface area contributed by atoms with Crippen LogP contribution >= 0.6 is 0 Å². The molecule has 0 aliphatic rings. The van der Waals surface area contributed by atoms with Crippen LogP contribution in [0, 0.1) is 0 Å². The maximum Gasteiger partial charge on any atom is 0.253 e. The van der Waals surface area contributed by atoms with Crippen LogP contribution in [0.15, 0.2) is 59.5 Å². The molecule has 2 rings (SSSR count). The molecule has 2 aromatic rings. The highest BCUT2D eigenvalue weighted by Gasteiger charge is 2.22. The molecule has 2 aromatic carbocycles. The van der Waals surface area contributed by atoms with Crippen molar-refractivity contribution in [3.63, 3.8) is 0 Å². The van der Waals surface area contributed by atoms with Crippen molar-refractivity contribution in [1.82, 2.24) is 4.13 Å². The van der Waals surface area contributed by atoms with E-state index in [1.165, 1.54) is 12.1 Å². The summed E-state index contributed by atoms with van der Waals surface area (Å²) >= 11 is 0. The lowest BCUT2D eigenvalue weighted by molar-refractivity contribution is 0.475. The Bertz CT molecular complexity index is 829. The van der Waals surface area contributed by atoms with E-state index in [-0.39, 0.29) is 22.8 Å². The van der Waals surface area contributed by atoms with Gasteiger partial charge in [0.05, 0.1) is 10.6 Å². The van der Waals surface area contributed by atoms with E-state index in [9.17, 15) is 16.8 Å². The summed E-state index contributed by atoms with van der Waals surface area (Å²) in [6.07, 6.45) is 0.210. The highest BCUT2D eigenvalue weighted by atomic mass is 32.3. The minimum absolute atomic E-state index is 0.106. The summed E-state index contributed by atoms with van der Waals surface area (Å²) in [5, 5.41) is 9.13. The van der Waals surface area contributed by atoms with Crippen LogP contribution in [0.4, 0.5) is 0 Å². The van der Waals surface area contributed by atoms with E-state index in [1.807, 2.05) is 6.07 Å². The van der Waals surface area contributed by atoms with Crippen molar-refractivity contribution in [3.05, 3.63) is 60.2 Å². The number of phenols is 1. The van der Waals surface area contributed by atoms with Gasteiger partial charge in [-0.3, -0.25) is 0 Å². The minimum Gasteiger partial charge on any atom is -0.508 e. The number of aryl methyl sites for hydroxylation is 1. The van der Waals surface area contributed by atoms with Crippen LogP contribution in [0.5, 0.6) is 5.75 Å². The zero-order chi connectivity index (χ0) is 16.2. The Kier molecular flexibility index (Phi) is 4.84. The van der Waals surface area contributed by atoms with Gasteiger partial charge in [0, 0.05) is 0 Å². The predicted molar refractivity (Wildman–Crippen MR) is 82.4 cm³/mol. The lowest BCUT2D eigenvalue weighted by atomic mass is 10.2. The molecule has 2 N–H and O–H groups in total. The summed E-state index contributed by atoms with van der Waals surface area (Å²) in [4.78, 5) is -0.228. The molecule has 0 radical (unpaired) electrons. The molecule has 22 heavy (non-hydrogen) atoms. The molecule has 0 bridgehead atoms. The van der Waals surface area contributed by atoms with Crippen LogP contribution in [0.2, 0.25) is 0 Å². The van der Waals surface area contributed by atoms with Crippen LogP contribution < -0.4 is 4.13 Å². The summed E-state index contributed by atoms with van der Waals surface area (Å²) in [5.74, 6) is -0.445. The number of benzene rings is 2. The van der Waals surface area contributed by atoms with E-state index >= 15 is 0 Å². The molecule has 0 aromatic heterocycles. The standard InChI is InChI=1S/C14H15NO5S2/c16-13-6-8-14(9-7-13)22(19,20)15-21(17,18)11-10-12-4-2-1-3-5-12/h1-9,15-16H,10-11H2. The fourth-order valence-corrected chi connectivity index (χ4v) is 4.83. The quantitative estimate of drug-likeness (QED) is 0.823. The van der Waals surface area contributed by atoms with Gasteiger partial charge in [-0.15, -0.1) is 4.13 Å². The SMILES string of the molecule is O=S(=O)(CCc1ccccc1)NS(=O)(=O)c1ccc(O)cc1. The van der Waals surface area contributed by atoms with E-state index in [1.54, 1.807) is 28.4 Å². The molecular formula is C14H15NO5S2. The second-order valence-corrected chi connectivity index (χ2v) is 8.42. The number of hydrogen-bond acceptors (Lipinski definition) is 5. The van der Waals surface area contributed by atoms with E-state index in [4.69, 9.17) is 5.11 Å². The zero-order valence-corrected chi connectivity index (χ0v) is 13.1. The molecule has 0 spiro atoms. The van der Waals surface area contributed by atoms with Gasteiger partial charge in [0.15, 0.2) is 0 Å². The number of phenolic OH excluding ortho intramolecular Hbond substituents is 1. The first kappa shape index (κ1) is 16.5. The molecule has 0 heterocycles. The van der Waals surface area contributed by atoms with Crippen LogP contribution in [0.1, 0.15) is 5.56 Å². The largest absolute Gasteiger partial charge is 0.508 e. The van der Waals surface area contributed by atoms with Gasteiger partial charge in [-0.2, -0.15) is 0 Å². The molecule has 0 aliphatic carbocycles. The van der Waals surface area contributed by atoms with E-state index in [0.29, 0.717) is 0 Å². The molecule has 0 unspecified atom stereocenters. The van der Waals surface area contributed by atoms with Crippen molar-refractivity contribution in [2.75, 3.05) is 5.75 Å². The lowest BCUT2D eigenvalue weighted by Crippen LogP contribution is -2.33. The van der Waals surface area contributed by atoms with Crippen LogP contribution in [0.3, 0.4) is 0 Å².